The molecule has 0 saturated heterocycles. The van der Waals surface area contributed by atoms with Crippen LogP contribution in [-0.4, -0.2) is 4.92 Å². The van der Waals surface area contributed by atoms with Crippen molar-refractivity contribution in [2.75, 3.05) is 0 Å². The average Bonchev–Trinajstić information content (AvgIpc) is 2.72. The van der Waals surface area contributed by atoms with Crippen molar-refractivity contribution in [1.82, 2.24) is 0 Å². The molecule has 0 atom stereocenters. The van der Waals surface area contributed by atoms with E-state index >= 15 is 0 Å². The van der Waals surface area contributed by atoms with Gasteiger partial charge in [-0.05, 0) is 41.5 Å². The zero-order chi connectivity index (χ0) is 22.5. The maximum absolute atomic E-state index is 11.0. The summed E-state index contributed by atoms with van der Waals surface area (Å²) in [6, 6.07) is 16.0. The molecule has 0 bridgehead atoms. The van der Waals surface area contributed by atoms with Crippen molar-refractivity contribution in [2.24, 2.45) is 0 Å². The Morgan fingerprint density at radius 1 is 1.03 bits per heavy atom. The van der Waals surface area contributed by atoms with E-state index < -0.39 is 4.92 Å². The third-order valence-electron chi connectivity index (χ3n) is 4.21. The van der Waals surface area contributed by atoms with Crippen molar-refractivity contribution >= 4 is 63.7 Å². The fraction of sp³-hybridized carbons (Fsp3) is 0.0455. The van der Waals surface area contributed by atoms with Crippen LogP contribution in [0.25, 0.3) is 11.6 Å². The van der Waals surface area contributed by atoms with E-state index in [1.807, 2.05) is 6.07 Å². The smallest absolute Gasteiger partial charge is 0.270 e. The summed E-state index contributed by atoms with van der Waals surface area (Å²) < 4.78 is 5.74. The second-order valence-electron chi connectivity index (χ2n) is 6.32. The van der Waals surface area contributed by atoms with Crippen LogP contribution in [0.3, 0.4) is 0 Å². The number of nitrogens with zero attached hydrogens (tertiary/aromatic N) is 2. The van der Waals surface area contributed by atoms with Crippen LogP contribution in [0.1, 0.15) is 16.7 Å². The van der Waals surface area contributed by atoms with Gasteiger partial charge in [-0.3, -0.25) is 10.1 Å². The van der Waals surface area contributed by atoms with E-state index in [0.29, 0.717) is 26.7 Å². The molecule has 0 unspecified atom stereocenters. The summed E-state index contributed by atoms with van der Waals surface area (Å²) in [5.74, 6) is 0.264. The highest BCUT2D eigenvalue weighted by Gasteiger charge is 2.13. The normalized spacial score (nSPS) is 11.1. The van der Waals surface area contributed by atoms with Crippen molar-refractivity contribution in [3.63, 3.8) is 0 Å². The molecule has 9 heteroatoms. The topological polar surface area (TPSA) is 76.2 Å². The third kappa shape index (κ3) is 5.69. The molecule has 0 aliphatic carbocycles. The van der Waals surface area contributed by atoms with Crippen LogP contribution < -0.4 is 4.74 Å². The Bertz CT molecular complexity index is 1210. The number of rotatable bonds is 6. The summed E-state index contributed by atoms with van der Waals surface area (Å²) in [5, 5.41) is 21.9. The fourth-order valence-electron chi connectivity index (χ4n) is 2.72. The van der Waals surface area contributed by atoms with Crippen molar-refractivity contribution in [1.29, 1.82) is 5.26 Å². The number of halogens is 4. The molecule has 0 fully saturated rings. The number of nitro benzene ring substituents is 1. The summed E-state index contributed by atoms with van der Waals surface area (Å²) >= 11 is 24.7. The Labute approximate surface area is 198 Å². The highest BCUT2D eigenvalue weighted by Crippen LogP contribution is 2.36. The zero-order valence-corrected chi connectivity index (χ0v) is 18.6. The van der Waals surface area contributed by atoms with E-state index in [4.69, 9.17) is 51.1 Å². The molecule has 0 heterocycles. The van der Waals surface area contributed by atoms with Gasteiger partial charge in [0, 0.05) is 27.7 Å². The number of hydrogen-bond acceptors (Lipinski definition) is 4. The lowest BCUT2D eigenvalue weighted by Gasteiger charge is -2.12. The zero-order valence-electron chi connectivity index (χ0n) is 15.6. The Morgan fingerprint density at radius 3 is 2.35 bits per heavy atom. The van der Waals surface area contributed by atoms with Crippen molar-refractivity contribution in [3.8, 4) is 11.8 Å². The van der Waals surface area contributed by atoms with Crippen LogP contribution in [0.4, 0.5) is 5.69 Å². The molecule has 0 N–H and O–H groups in total. The van der Waals surface area contributed by atoms with Crippen LogP contribution in [0.15, 0.2) is 54.6 Å². The summed E-state index contributed by atoms with van der Waals surface area (Å²) in [4.78, 5) is 10.5. The van der Waals surface area contributed by atoms with E-state index in [9.17, 15) is 15.4 Å². The molecular weight excluding hydrogens is 482 g/mol. The van der Waals surface area contributed by atoms with Gasteiger partial charge in [0.05, 0.1) is 26.6 Å². The quantitative estimate of drug-likeness (QED) is 0.151. The molecule has 0 saturated carbocycles. The number of ether oxygens (including phenoxy) is 1. The molecule has 5 nitrogen and oxygen atoms in total. The Morgan fingerprint density at radius 2 is 1.74 bits per heavy atom. The van der Waals surface area contributed by atoms with Gasteiger partial charge in [0.25, 0.3) is 5.69 Å². The number of non-ortho nitro benzene ring substituents is 1. The van der Waals surface area contributed by atoms with E-state index in [1.54, 1.807) is 36.4 Å². The van der Waals surface area contributed by atoms with Crippen LogP contribution in [0.2, 0.25) is 20.1 Å². The summed E-state index contributed by atoms with van der Waals surface area (Å²) in [7, 11) is 0. The Balaban J connectivity index is 1.87. The van der Waals surface area contributed by atoms with Gasteiger partial charge in [-0.25, -0.2) is 0 Å². The van der Waals surface area contributed by atoms with E-state index in [2.05, 4.69) is 0 Å². The average molecular weight is 494 g/mol. The highest BCUT2D eigenvalue weighted by atomic mass is 35.5. The van der Waals surface area contributed by atoms with Crippen LogP contribution in [-0.2, 0) is 6.61 Å². The minimum atomic E-state index is -0.523. The maximum atomic E-state index is 11.0. The van der Waals surface area contributed by atoms with Crippen LogP contribution in [0, 0.1) is 21.4 Å². The lowest BCUT2D eigenvalue weighted by Crippen LogP contribution is -1.98. The van der Waals surface area contributed by atoms with Gasteiger partial charge < -0.3 is 4.74 Å². The number of allylic oxidation sites excluding steroid dienone is 1. The first kappa shape index (κ1) is 22.9. The number of nitriles is 1. The molecule has 3 aromatic carbocycles. The second kappa shape index (κ2) is 10.0. The third-order valence-corrected chi connectivity index (χ3v) is 5.36. The standard InChI is InChI=1S/C22H12Cl4N2O3/c23-17-5-4-15(19(24)10-17)12-31-22-20(25)7-13(8-21(22)26)6-16(11-27)14-2-1-3-18(9-14)28(29)30/h1-10H,12H2/b16-6-. The van der Waals surface area contributed by atoms with Gasteiger partial charge in [-0.2, -0.15) is 5.26 Å². The molecule has 0 spiro atoms. The van der Waals surface area contributed by atoms with E-state index in [0.717, 1.165) is 0 Å². The molecular formula is C22H12Cl4N2O3. The predicted octanol–water partition coefficient (Wildman–Crippen LogP) is 7.85. The van der Waals surface area contributed by atoms with Gasteiger partial charge >= 0.3 is 0 Å². The van der Waals surface area contributed by atoms with Crippen molar-refractivity contribution < 1.29 is 9.66 Å². The molecule has 0 aliphatic heterocycles. The van der Waals surface area contributed by atoms with Gasteiger partial charge in [0.2, 0.25) is 0 Å². The summed E-state index contributed by atoms with van der Waals surface area (Å²) in [5.41, 5.74) is 1.76. The Hall–Kier alpha value is -2.75. The van der Waals surface area contributed by atoms with Gasteiger partial charge in [0.15, 0.2) is 5.75 Å². The predicted molar refractivity (Wildman–Crippen MR) is 124 cm³/mol. The number of hydrogen-bond donors (Lipinski definition) is 0. The molecule has 0 amide bonds. The second-order valence-corrected chi connectivity index (χ2v) is 7.97. The monoisotopic (exact) mass is 492 g/mol. The first-order valence-corrected chi connectivity index (χ1v) is 10.2. The van der Waals surface area contributed by atoms with E-state index in [-0.39, 0.29) is 33.7 Å². The van der Waals surface area contributed by atoms with Crippen molar-refractivity contribution in [3.05, 3.63) is 101 Å². The van der Waals surface area contributed by atoms with Crippen molar-refractivity contribution in [2.45, 2.75) is 6.61 Å². The largest absolute Gasteiger partial charge is 0.486 e. The minimum absolute atomic E-state index is 0.112. The lowest BCUT2D eigenvalue weighted by molar-refractivity contribution is -0.384. The summed E-state index contributed by atoms with van der Waals surface area (Å²) in [6.45, 7) is 0.127. The summed E-state index contributed by atoms with van der Waals surface area (Å²) in [6.07, 6.45) is 1.54. The number of nitro groups is 1. The molecule has 0 radical (unpaired) electrons. The molecule has 3 rings (SSSR count). The van der Waals surface area contributed by atoms with Gasteiger partial charge in [-0.15, -0.1) is 0 Å². The first-order valence-electron chi connectivity index (χ1n) is 8.71. The molecule has 0 aliphatic rings. The minimum Gasteiger partial charge on any atom is -0.486 e. The maximum Gasteiger partial charge on any atom is 0.270 e. The SMILES string of the molecule is N#C/C(=C/c1cc(Cl)c(OCc2ccc(Cl)cc2Cl)c(Cl)c1)c1cccc([N+](=O)[O-])c1. The molecule has 31 heavy (non-hydrogen) atoms. The number of benzene rings is 3. The molecule has 156 valence electrons. The van der Waals surface area contributed by atoms with Gasteiger partial charge in [-0.1, -0.05) is 64.6 Å². The lowest BCUT2D eigenvalue weighted by atomic mass is 10.0. The Kier molecular flexibility index (Phi) is 7.42. The van der Waals surface area contributed by atoms with E-state index in [1.165, 1.54) is 24.3 Å². The van der Waals surface area contributed by atoms with Crippen LogP contribution >= 0.6 is 46.4 Å². The highest BCUT2D eigenvalue weighted by molar-refractivity contribution is 6.37. The van der Waals surface area contributed by atoms with Crippen LogP contribution in [0.5, 0.6) is 5.75 Å². The molecule has 3 aromatic rings. The first-order chi connectivity index (χ1) is 14.8. The molecule has 0 aromatic heterocycles. The fourth-order valence-corrected chi connectivity index (χ4v) is 3.80. The van der Waals surface area contributed by atoms with Gasteiger partial charge in [0.1, 0.15) is 6.61 Å².